The highest BCUT2D eigenvalue weighted by Gasteiger charge is 2.06. The van der Waals surface area contributed by atoms with Gasteiger partial charge in [-0.3, -0.25) is 0 Å². The molecule has 0 heterocycles. The second kappa shape index (κ2) is 9.18. The van der Waals surface area contributed by atoms with Crippen LogP contribution in [-0.2, 0) is 0 Å². The van der Waals surface area contributed by atoms with Gasteiger partial charge >= 0.3 is 0 Å². The lowest BCUT2D eigenvalue weighted by atomic mass is 10.3. The monoisotopic (exact) mass is 321 g/mol. The summed E-state index contributed by atoms with van der Waals surface area (Å²) in [7, 11) is 0. The quantitative estimate of drug-likeness (QED) is 0.550. The van der Waals surface area contributed by atoms with Crippen LogP contribution in [0, 0.1) is 0 Å². The van der Waals surface area contributed by atoms with E-state index in [4.69, 9.17) is 21.1 Å². The fourth-order valence-electron chi connectivity index (χ4n) is 1.85. The minimum absolute atomic E-state index is 0.195. The molecule has 2 N–H and O–H groups in total. The summed E-state index contributed by atoms with van der Waals surface area (Å²) >= 11 is 5.58. The minimum Gasteiger partial charge on any atom is -0.490 e. The maximum absolute atomic E-state index is 9.50. The standard InChI is InChI=1S/C17H20ClNO3/c18-12-14(20)13-19-16-8-4-5-9-17(16)22-11-10-21-15-6-2-1-3-7-15/h1-9,14,19-20H,10-13H2. The molecule has 2 aromatic rings. The van der Waals surface area contributed by atoms with Crippen molar-refractivity contribution in [1.29, 1.82) is 0 Å². The van der Waals surface area contributed by atoms with Crippen LogP contribution in [0.5, 0.6) is 11.5 Å². The number of benzene rings is 2. The molecule has 0 saturated heterocycles. The van der Waals surface area contributed by atoms with Gasteiger partial charge in [-0.2, -0.15) is 0 Å². The molecule has 0 radical (unpaired) electrons. The number of aliphatic hydroxyl groups excluding tert-OH is 1. The van der Waals surface area contributed by atoms with Gasteiger partial charge < -0.3 is 19.9 Å². The van der Waals surface area contributed by atoms with Crippen LogP contribution in [0.3, 0.4) is 0 Å². The number of alkyl halides is 1. The summed E-state index contributed by atoms with van der Waals surface area (Å²) in [4.78, 5) is 0. The third-order valence-electron chi connectivity index (χ3n) is 2.95. The Bertz CT molecular complexity index is 551. The Labute approximate surface area is 135 Å². The van der Waals surface area contributed by atoms with Crippen molar-refractivity contribution in [2.45, 2.75) is 6.10 Å². The zero-order valence-electron chi connectivity index (χ0n) is 12.2. The molecule has 0 saturated carbocycles. The molecule has 2 rings (SSSR count). The van der Waals surface area contributed by atoms with Gasteiger partial charge in [0.25, 0.3) is 0 Å². The number of hydrogen-bond acceptors (Lipinski definition) is 4. The molecule has 1 unspecified atom stereocenters. The number of anilines is 1. The van der Waals surface area contributed by atoms with E-state index in [1.54, 1.807) is 0 Å². The van der Waals surface area contributed by atoms with Crippen LogP contribution in [0.15, 0.2) is 54.6 Å². The summed E-state index contributed by atoms with van der Waals surface area (Å²) in [6, 6.07) is 17.2. The number of halogens is 1. The van der Waals surface area contributed by atoms with E-state index in [1.165, 1.54) is 0 Å². The molecule has 0 amide bonds. The predicted octanol–water partition coefficient (Wildman–Crippen LogP) is 3.16. The first-order chi connectivity index (χ1) is 10.8. The Kier molecular flexibility index (Phi) is 6.87. The van der Waals surface area contributed by atoms with E-state index in [0.717, 1.165) is 17.2 Å². The van der Waals surface area contributed by atoms with Crippen molar-refractivity contribution in [2.75, 3.05) is 31.0 Å². The van der Waals surface area contributed by atoms with Crippen LogP contribution in [0.25, 0.3) is 0 Å². The van der Waals surface area contributed by atoms with Gasteiger partial charge in [-0.1, -0.05) is 30.3 Å². The summed E-state index contributed by atoms with van der Waals surface area (Å²) in [5.74, 6) is 1.74. The molecule has 4 nitrogen and oxygen atoms in total. The number of rotatable bonds is 9. The second-order valence-corrected chi connectivity index (χ2v) is 5.00. The van der Waals surface area contributed by atoms with E-state index < -0.39 is 6.10 Å². The average molecular weight is 322 g/mol. The third kappa shape index (κ3) is 5.47. The first-order valence-corrected chi connectivity index (χ1v) is 7.70. The number of hydrogen-bond donors (Lipinski definition) is 2. The van der Waals surface area contributed by atoms with Gasteiger partial charge in [0.1, 0.15) is 24.7 Å². The van der Waals surface area contributed by atoms with Crippen LogP contribution < -0.4 is 14.8 Å². The SMILES string of the molecule is OC(CCl)CNc1ccccc1OCCOc1ccccc1. The van der Waals surface area contributed by atoms with Gasteiger partial charge in [0.15, 0.2) is 0 Å². The van der Waals surface area contributed by atoms with E-state index in [1.807, 2.05) is 54.6 Å². The highest BCUT2D eigenvalue weighted by molar-refractivity contribution is 6.18. The van der Waals surface area contributed by atoms with Gasteiger partial charge in [-0.15, -0.1) is 11.6 Å². The Morgan fingerprint density at radius 1 is 0.955 bits per heavy atom. The van der Waals surface area contributed by atoms with Gasteiger partial charge in [-0.05, 0) is 24.3 Å². The molecule has 0 aliphatic heterocycles. The Hall–Kier alpha value is -1.91. The van der Waals surface area contributed by atoms with Crippen molar-refractivity contribution in [3.8, 4) is 11.5 Å². The highest BCUT2D eigenvalue weighted by atomic mass is 35.5. The molecule has 0 bridgehead atoms. The summed E-state index contributed by atoms with van der Waals surface area (Å²) in [6.45, 7) is 1.28. The first-order valence-electron chi connectivity index (χ1n) is 7.17. The van der Waals surface area contributed by atoms with Crippen LogP contribution in [-0.4, -0.2) is 36.8 Å². The van der Waals surface area contributed by atoms with Crippen molar-refractivity contribution >= 4 is 17.3 Å². The lowest BCUT2D eigenvalue weighted by Crippen LogP contribution is -2.21. The zero-order valence-corrected chi connectivity index (χ0v) is 13.0. The highest BCUT2D eigenvalue weighted by Crippen LogP contribution is 2.23. The van der Waals surface area contributed by atoms with E-state index in [0.29, 0.717) is 19.8 Å². The molecule has 0 aliphatic carbocycles. The molecule has 0 aromatic heterocycles. The minimum atomic E-state index is -0.587. The predicted molar refractivity (Wildman–Crippen MR) is 89.1 cm³/mol. The summed E-state index contributed by atoms with van der Waals surface area (Å²) in [5.41, 5.74) is 0.825. The second-order valence-electron chi connectivity index (χ2n) is 4.70. The van der Waals surface area contributed by atoms with Crippen LogP contribution in [0.2, 0.25) is 0 Å². The van der Waals surface area contributed by atoms with E-state index in [-0.39, 0.29) is 5.88 Å². The van der Waals surface area contributed by atoms with E-state index in [2.05, 4.69) is 5.32 Å². The molecule has 22 heavy (non-hydrogen) atoms. The number of ether oxygens (including phenoxy) is 2. The Morgan fingerprint density at radius 3 is 2.41 bits per heavy atom. The van der Waals surface area contributed by atoms with Crippen molar-refractivity contribution in [2.24, 2.45) is 0 Å². The van der Waals surface area contributed by atoms with Crippen LogP contribution in [0.4, 0.5) is 5.69 Å². The fraction of sp³-hybridized carbons (Fsp3) is 0.294. The van der Waals surface area contributed by atoms with Gasteiger partial charge in [0.05, 0.1) is 17.7 Å². The number of para-hydroxylation sites is 3. The lowest BCUT2D eigenvalue weighted by molar-refractivity contribution is 0.210. The number of nitrogens with one attached hydrogen (secondary N) is 1. The molecule has 5 heteroatoms. The fourth-order valence-corrected chi connectivity index (χ4v) is 1.96. The first kappa shape index (κ1) is 16.5. The molecule has 0 aliphatic rings. The van der Waals surface area contributed by atoms with Gasteiger partial charge in [0.2, 0.25) is 0 Å². The van der Waals surface area contributed by atoms with Crippen molar-refractivity contribution in [3.63, 3.8) is 0 Å². The maximum Gasteiger partial charge on any atom is 0.142 e. The van der Waals surface area contributed by atoms with Gasteiger partial charge in [-0.25, -0.2) is 0 Å². The van der Waals surface area contributed by atoms with Crippen LogP contribution >= 0.6 is 11.6 Å². The molecule has 0 fully saturated rings. The van der Waals surface area contributed by atoms with Crippen molar-refractivity contribution in [1.82, 2.24) is 0 Å². The summed E-state index contributed by atoms with van der Waals surface area (Å²) in [5, 5.41) is 12.6. The molecule has 1 atom stereocenters. The van der Waals surface area contributed by atoms with Crippen molar-refractivity contribution in [3.05, 3.63) is 54.6 Å². The Balaban J connectivity index is 1.79. The zero-order chi connectivity index (χ0) is 15.6. The molecular formula is C17H20ClNO3. The van der Waals surface area contributed by atoms with Gasteiger partial charge in [0, 0.05) is 6.54 Å². The smallest absolute Gasteiger partial charge is 0.142 e. The normalized spacial score (nSPS) is 11.7. The van der Waals surface area contributed by atoms with E-state index >= 15 is 0 Å². The molecule has 2 aromatic carbocycles. The maximum atomic E-state index is 9.50. The summed E-state index contributed by atoms with van der Waals surface area (Å²) < 4.78 is 11.3. The van der Waals surface area contributed by atoms with Crippen molar-refractivity contribution < 1.29 is 14.6 Å². The van der Waals surface area contributed by atoms with Crippen LogP contribution in [0.1, 0.15) is 0 Å². The lowest BCUT2D eigenvalue weighted by Gasteiger charge is -2.15. The largest absolute Gasteiger partial charge is 0.490 e. The molecule has 0 spiro atoms. The topological polar surface area (TPSA) is 50.7 Å². The summed E-state index contributed by atoms with van der Waals surface area (Å²) in [6.07, 6.45) is -0.587. The Morgan fingerprint density at radius 2 is 1.64 bits per heavy atom. The third-order valence-corrected chi connectivity index (χ3v) is 3.30. The average Bonchev–Trinajstić information content (AvgIpc) is 2.58. The molecule has 118 valence electrons. The number of aliphatic hydroxyl groups is 1. The molecular weight excluding hydrogens is 302 g/mol. The van der Waals surface area contributed by atoms with E-state index in [9.17, 15) is 5.11 Å².